The number of esters is 1. The molecule has 2 atom stereocenters. The third-order valence-electron chi connectivity index (χ3n) is 5.19. The van der Waals surface area contributed by atoms with Gasteiger partial charge in [0.2, 0.25) is 11.4 Å². The van der Waals surface area contributed by atoms with Gasteiger partial charge in [-0.2, -0.15) is 0 Å². The molecule has 0 bridgehead atoms. The highest BCUT2D eigenvalue weighted by molar-refractivity contribution is 5.95. The van der Waals surface area contributed by atoms with Gasteiger partial charge < -0.3 is 14.6 Å². The molecule has 1 N–H and O–H groups in total. The summed E-state index contributed by atoms with van der Waals surface area (Å²) in [5.74, 6) is -0.984. The molecule has 2 heterocycles. The maximum Gasteiger partial charge on any atom is 0.340 e. The molecule has 0 radical (unpaired) electrons. The predicted octanol–water partition coefficient (Wildman–Crippen LogP) is 4.64. The highest BCUT2D eigenvalue weighted by atomic mass is 16.6. The van der Waals surface area contributed by atoms with Crippen LogP contribution in [0.15, 0.2) is 84.7 Å². The minimum Gasteiger partial charge on any atom is -0.481 e. The fourth-order valence-electron chi connectivity index (χ4n) is 3.81. The zero-order valence-electron chi connectivity index (χ0n) is 19.8. The molecule has 3 rings (SSSR count). The van der Waals surface area contributed by atoms with Crippen LogP contribution in [-0.2, 0) is 23.9 Å². The van der Waals surface area contributed by atoms with Crippen molar-refractivity contribution in [2.45, 2.75) is 45.4 Å². The number of hydrogen-bond donors (Lipinski definition) is 1. The van der Waals surface area contributed by atoms with Crippen LogP contribution in [0.4, 0.5) is 0 Å². The minimum atomic E-state index is -1.28. The Balaban J connectivity index is 0.000000945. The summed E-state index contributed by atoms with van der Waals surface area (Å²) in [4.78, 5) is 36.3. The zero-order chi connectivity index (χ0) is 25.1. The van der Waals surface area contributed by atoms with Crippen molar-refractivity contribution in [2.75, 3.05) is 6.61 Å². The van der Waals surface area contributed by atoms with Crippen molar-refractivity contribution in [1.82, 2.24) is 4.90 Å². The predicted molar refractivity (Wildman–Crippen MR) is 130 cm³/mol. The molecule has 1 aromatic carbocycles. The molecule has 2 fully saturated rings. The van der Waals surface area contributed by atoms with E-state index < -0.39 is 23.7 Å². The van der Waals surface area contributed by atoms with Gasteiger partial charge in [-0.15, -0.1) is 0 Å². The summed E-state index contributed by atoms with van der Waals surface area (Å²) in [5, 5.41) is 7.42. The quantitative estimate of drug-likeness (QED) is 0.341. The van der Waals surface area contributed by atoms with Crippen LogP contribution in [0.25, 0.3) is 6.08 Å². The lowest BCUT2D eigenvalue weighted by Gasteiger charge is -2.41. The first-order valence-electron chi connectivity index (χ1n) is 11.0. The van der Waals surface area contributed by atoms with Gasteiger partial charge in [0.15, 0.2) is 6.23 Å². The van der Waals surface area contributed by atoms with Crippen LogP contribution in [0.3, 0.4) is 0 Å². The molecule has 0 aliphatic carbocycles. The molecule has 1 aromatic rings. The molecule has 34 heavy (non-hydrogen) atoms. The van der Waals surface area contributed by atoms with Crippen LogP contribution in [0.2, 0.25) is 0 Å². The lowest BCUT2D eigenvalue weighted by atomic mass is 9.88. The number of benzene rings is 1. The van der Waals surface area contributed by atoms with Crippen molar-refractivity contribution >= 4 is 23.9 Å². The summed E-state index contributed by atoms with van der Waals surface area (Å²) < 4.78 is 11.6. The molecule has 7 nitrogen and oxygen atoms in total. The molecule has 1 unspecified atom stereocenters. The van der Waals surface area contributed by atoms with Crippen LogP contribution in [0.5, 0.6) is 0 Å². The number of ether oxygens (including phenoxy) is 2. The molecule has 2 aliphatic heterocycles. The van der Waals surface area contributed by atoms with Gasteiger partial charge in [0, 0.05) is 13.3 Å². The van der Waals surface area contributed by atoms with E-state index >= 15 is 0 Å². The summed E-state index contributed by atoms with van der Waals surface area (Å²) in [5.41, 5.74) is 0.538. The standard InChI is InChI=1S/C25H27NO4.C2H4O2/c1-4-11-20(12-5-2)18-29-24(28)25(16-10-15-19-13-8-7-9-14-19)21(6-3)30-23-17-22(27)26(23)25;1-2(3)4/h4-15,23H,1,16-18H2,2-3H3;1H3,(H,3,4)/b12-5-,15-10+,20-11+,21-6-;/t23-,25?;/m1./s1. The summed E-state index contributed by atoms with van der Waals surface area (Å²) in [7, 11) is 0. The molecule has 180 valence electrons. The number of rotatable bonds is 8. The number of amides is 1. The number of β-lactam (4-membered cyclic amide) rings is 1. The molecule has 0 saturated carbocycles. The Bertz CT molecular complexity index is 1020. The Morgan fingerprint density at radius 3 is 2.53 bits per heavy atom. The number of carboxylic acid groups (broad SMARTS) is 1. The summed E-state index contributed by atoms with van der Waals surface area (Å²) in [6, 6.07) is 9.79. The normalized spacial score (nSPS) is 22.6. The number of aliphatic carboxylic acids is 1. The first kappa shape index (κ1) is 26.4. The largest absolute Gasteiger partial charge is 0.481 e. The van der Waals surface area contributed by atoms with Gasteiger partial charge in [-0.1, -0.05) is 73.4 Å². The minimum absolute atomic E-state index is 0.0863. The van der Waals surface area contributed by atoms with Gasteiger partial charge in [0.05, 0.1) is 6.42 Å². The van der Waals surface area contributed by atoms with Gasteiger partial charge in [-0.05, 0) is 31.1 Å². The lowest BCUT2D eigenvalue weighted by Crippen LogP contribution is -2.63. The molecule has 2 saturated heterocycles. The van der Waals surface area contributed by atoms with E-state index in [1.54, 1.807) is 25.2 Å². The Morgan fingerprint density at radius 1 is 1.29 bits per heavy atom. The molecule has 2 aliphatic rings. The van der Waals surface area contributed by atoms with Crippen molar-refractivity contribution in [3.8, 4) is 0 Å². The van der Waals surface area contributed by atoms with Crippen LogP contribution in [0, 0.1) is 0 Å². The van der Waals surface area contributed by atoms with Crippen LogP contribution in [0.1, 0.15) is 39.2 Å². The van der Waals surface area contributed by atoms with E-state index in [0.717, 1.165) is 18.1 Å². The van der Waals surface area contributed by atoms with Crippen LogP contribution < -0.4 is 0 Å². The van der Waals surface area contributed by atoms with Gasteiger partial charge in [0.25, 0.3) is 5.97 Å². The maximum absolute atomic E-state index is 13.4. The van der Waals surface area contributed by atoms with E-state index in [1.807, 2.05) is 61.6 Å². The third kappa shape index (κ3) is 6.13. The average Bonchev–Trinajstić information content (AvgIpc) is 3.06. The summed E-state index contributed by atoms with van der Waals surface area (Å²) in [6.45, 7) is 8.56. The van der Waals surface area contributed by atoms with Gasteiger partial charge in [0.1, 0.15) is 12.4 Å². The van der Waals surface area contributed by atoms with Crippen molar-refractivity contribution in [3.63, 3.8) is 0 Å². The van der Waals surface area contributed by atoms with E-state index in [2.05, 4.69) is 6.58 Å². The molecule has 1 amide bonds. The number of nitrogens with zero attached hydrogens (tertiary/aromatic N) is 1. The Hall–Kier alpha value is -3.87. The van der Waals surface area contributed by atoms with Crippen molar-refractivity contribution in [1.29, 1.82) is 0 Å². The van der Waals surface area contributed by atoms with E-state index in [1.165, 1.54) is 4.90 Å². The van der Waals surface area contributed by atoms with Gasteiger partial charge in [-0.3, -0.25) is 14.5 Å². The van der Waals surface area contributed by atoms with Crippen LogP contribution in [-0.4, -0.2) is 46.2 Å². The second-order valence-electron chi connectivity index (χ2n) is 7.64. The molecular formula is C27H31NO6. The first-order chi connectivity index (χ1) is 16.3. The molecule has 0 spiro atoms. The fourth-order valence-corrected chi connectivity index (χ4v) is 3.81. The van der Waals surface area contributed by atoms with Crippen molar-refractivity contribution < 1.29 is 29.0 Å². The summed E-state index contributed by atoms with van der Waals surface area (Å²) >= 11 is 0. The highest BCUT2D eigenvalue weighted by Crippen LogP contribution is 2.47. The Kier molecular flexibility index (Phi) is 9.62. The molecule has 0 aromatic heterocycles. The topological polar surface area (TPSA) is 93.1 Å². The number of allylic oxidation sites excluding steroid dienone is 4. The Labute approximate surface area is 200 Å². The van der Waals surface area contributed by atoms with Crippen LogP contribution >= 0.6 is 0 Å². The second-order valence-corrected chi connectivity index (χ2v) is 7.64. The van der Waals surface area contributed by atoms with E-state index in [-0.39, 0.29) is 25.4 Å². The second kappa shape index (κ2) is 12.4. The number of hydrogen-bond acceptors (Lipinski definition) is 5. The van der Waals surface area contributed by atoms with Crippen molar-refractivity contribution in [3.05, 3.63) is 90.3 Å². The lowest BCUT2D eigenvalue weighted by molar-refractivity contribution is -0.172. The number of fused-ring (bicyclic) bond motifs is 1. The maximum atomic E-state index is 13.4. The average molecular weight is 466 g/mol. The van der Waals surface area contributed by atoms with E-state index in [4.69, 9.17) is 19.4 Å². The van der Waals surface area contributed by atoms with E-state index in [0.29, 0.717) is 5.76 Å². The SMILES string of the molecule is C=C/C=C(\C=C/C)COC(=O)C1(C/C=C/c2ccccc2)/C(=C/C)O[C@@H]2CC(=O)N21.CC(=O)O. The number of carboxylic acids is 1. The van der Waals surface area contributed by atoms with E-state index in [9.17, 15) is 9.59 Å². The molecular weight excluding hydrogens is 434 g/mol. The highest BCUT2D eigenvalue weighted by Gasteiger charge is 2.64. The molecule has 7 heteroatoms. The van der Waals surface area contributed by atoms with Gasteiger partial charge >= 0.3 is 5.97 Å². The third-order valence-corrected chi connectivity index (χ3v) is 5.19. The number of carbonyl (C=O) groups excluding carboxylic acids is 2. The smallest absolute Gasteiger partial charge is 0.340 e. The van der Waals surface area contributed by atoms with Gasteiger partial charge in [-0.25, -0.2) is 4.79 Å². The van der Waals surface area contributed by atoms with Crippen molar-refractivity contribution in [2.24, 2.45) is 0 Å². The Morgan fingerprint density at radius 2 is 1.97 bits per heavy atom. The summed E-state index contributed by atoms with van der Waals surface area (Å²) in [6.07, 6.45) is 12.9. The monoisotopic (exact) mass is 465 g/mol. The zero-order valence-corrected chi connectivity index (χ0v) is 19.8. The number of carbonyl (C=O) groups is 3. The first-order valence-corrected chi connectivity index (χ1v) is 11.0. The fraction of sp³-hybridized carbons (Fsp3) is 0.296.